The van der Waals surface area contributed by atoms with Crippen LogP contribution in [0.25, 0.3) is 5.69 Å². The number of hydrogen-bond acceptors (Lipinski definition) is 4. The summed E-state index contributed by atoms with van der Waals surface area (Å²) in [5.41, 5.74) is 3.13. The maximum absolute atomic E-state index is 13.1. The van der Waals surface area contributed by atoms with Gasteiger partial charge in [0.25, 0.3) is 5.91 Å². The Hall–Kier alpha value is -3.64. The molecule has 9 heteroatoms. The number of hydrazine groups is 1. The Morgan fingerprint density at radius 1 is 1.21 bits per heavy atom. The van der Waals surface area contributed by atoms with Crippen molar-refractivity contribution in [2.24, 2.45) is 0 Å². The molecule has 0 fully saturated rings. The van der Waals surface area contributed by atoms with Crippen molar-refractivity contribution in [1.29, 1.82) is 5.26 Å². The molecule has 1 N–H and O–H groups in total. The molecule has 0 saturated carbocycles. The van der Waals surface area contributed by atoms with Gasteiger partial charge in [0.15, 0.2) is 0 Å². The Morgan fingerprint density at radius 2 is 1.93 bits per heavy atom. The van der Waals surface area contributed by atoms with Crippen molar-refractivity contribution >= 4 is 11.6 Å². The number of rotatable bonds is 5. The molecule has 3 aromatic rings. The summed E-state index contributed by atoms with van der Waals surface area (Å²) < 4.78 is 40.6. The fraction of sp³-hybridized carbons (Fsp3) is 0.150. The Labute approximate surface area is 164 Å². The van der Waals surface area contributed by atoms with Gasteiger partial charge in [-0.15, -0.1) is 0 Å². The van der Waals surface area contributed by atoms with Crippen LogP contribution in [0.4, 0.5) is 18.9 Å². The van der Waals surface area contributed by atoms with Gasteiger partial charge in [0, 0.05) is 6.54 Å². The van der Waals surface area contributed by atoms with Gasteiger partial charge in [-0.05, 0) is 48.5 Å². The fourth-order valence-corrected chi connectivity index (χ4v) is 2.72. The lowest BCUT2D eigenvalue weighted by atomic mass is 10.2. The zero-order valence-electron chi connectivity index (χ0n) is 15.3. The van der Waals surface area contributed by atoms with Crippen molar-refractivity contribution in [3.8, 4) is 11.8 Å². The highest BCUT2D eigenvalue weighted by molar-refractivity contribution is 6.04. The highest BCUT2D eigenvalue weighted by Crippen LogP contribution is 2.31. The number of halogens is 3. The normalized spacial score (nSPS) is 11.1. The van der Waals surface area contributed by atoms with E-state index >= 15 is 0 Å². The Bertz CT molecular complexity index is 1050. The van der Waals surface area contributed by atoms with Crippen molar-refractivity contribution < 1.29 is 18.0 Å². The first kappa shape index (κ1) is 20.1. The molecule has 0 atom stereocenters. The molecule has 0 bridgehead atoms. The first-order valence-corrected chi connectivity index (χ1v) is 8.65. The third-order valence-corrected chi connectivity index (χ3v) is 4.05. The minimum Gasteiger partial charge on any atom is -0.265 e. The molecule has 0 unspecified atom stereocenters. The zero-order valence-corrected chi connectivity index (χ0v) is 15.3. The molecule has 1 aromatic heterocycles. The predicted molar refractivity (Wildman–Crippen MR) is 100 cm³/mol. The van der Waals surface area contributed by atoms with Crippen molar-refractivity contribution in [3.63, 3.8) is 0 Å². The zero-order chi connectivity index (χ0) is 21.0. The van der Waals surface area contributed by atoms with E-state index in [1.54, 1.807) is 31.2 Å². The molecular formula is C20H16F3N5O. The minimum absolute atomic E-state index is 0.0549. The van der Waals surface area contributed by atoms with Gasteiger partial charge in [-0.3, -0.25) is 4.79 Å². The summed E-state index contributed by atoms with van der Waals surface area (Å²) in [6, 6.07) is 14.4. The molecule has 148 valence electrons. The molecule has 1 heterocycles. The molecule has 0 aliphatic heterocycles. The summed E-state index contributed by atoms with van der Waals surface area (Å²) in [6.45, 7) is 2.04. The molecule has 3 rings (SSSR count). The number of hydrogen-bond donors (Lipinski definition) is 1. The standard InChI is InChI=1S/C20H16F3N5O/c1-2-25-28(17-5-3-4-15(12-17)20(21,22)23)19(29)18-10-11-26-27(18)16-8-6-14(13-24)7-9-16/h3-12,25H,2H2,1H3. The third kappa shape index (κ3) is 4.28. The van der Waals surface area contributed by atoms with Gasteiger partial charge in [-0.2, -0.15) is 23.5 Å². The van der Waals surface area contributed by atoms with Gasteiger partial charge in [-0.1, -0.05) is 13.0 Å². The number of alkyl halides is 3. The van der Waals surface area contributed by atoms with Gasteiger partial charge >= 0.3 is 6.18 Å². The van der Waals surface area contributed by atoms with Crippen molar-refractivity contribution in [3.05, 3.63) is 77.6 Å². The van der Waals surface area contributed by atoms with Crippen LogP contribution in [0.1, 0.15) is 28.5 Å². The third-order valence-electron chi connectivity index (χ3n) is 4.05. The number of carbonyl (C=O) groups is 1. The monoisotopic (exact) mass is 399 g/mol. The van der Waals surface area contributed by atoms with Gasteiger partial charge < -0.3 is 0 Å². The lowest BCUT2D eigenvalue weighted by Crippen LogP contribution is -2.44. The van der Waals surface area contributed by atoms with Crippen molar-refractivity contribution in [2.45, 2.75) is 13.1 Å². The lowest BCUT2D eigenvalue weighted by Gasteiger charge is -2.24. The molecule has 0 saturated heterocycles. The molecule has 0 spiro atoms. The Balaban J connectivity index is 1.99. The molecular weight excluding hydrogens is 383 g/mol. The molecule has 6 nitrogen and oxygen atoms in total. The second-order valence-electron chi connectivity index (χ2n) is 5.99. The van der Waals surface area contributed by atoms with E-state index < -0.39 is 17.6 Å². The lowest BCUT2D eigenvalue weighted by molar-refractivity contribution is -0.137. The maximum atomic E-state index is 13.1. The van der Waals surface area contributed by atoms with Crippen LogP contribution in [0.15, 0.2) is 60.8 Å². The van der Waals surface area contributed by atoms with E-state index in [1.807, 2.05) is 6.07 Å². The van der Waals surface area contributed by atoms with E-state index in [4.69, 9.17) is 5.26 Å². The van der Waals surface area contributed by atoms with Crippen LogP contribution >= 0.6 is 0 Å². The number of anilines is 1. The molecule has 1 amide bonds. The number of nitrogens with one attached hydrogen (secondary N) is 1. The van der Waals surface area contributed by atoms with Crippen LogP contribution in [0, 0.1) is 11.3 Å². The van der Waals surface area contributed by atoms with Crippen LogP contribution in [0.3, 0.4) is 0 Å². The minimum atomic E-state index is -4.53. The highest BCUT2D eigenvalue weighted by Gasteiger charge is 2.31. The number of benzene rings is 2. The molecule has 29 heavy (non-hydrogen) atoms. The van der Waals surface area contributed by atoms with E-state index in [9.17, 15) is 18.0 Å². The molecule has 0 aliphatic carbocycles. The first-order chi connectivity index (χ1) is 13.8. The van der Waals surface area contributed by atoms with Crippen LogP contribution in [-0.2, 0) is 6.18 Å². The summed E-state index contributed by atoms with van der Waals surface area (Å²) in [4.78, 5) is 13.1. The summed E-state index contributed by atoms with van der Waals surface area (Å²) in [5, 5.41) is 14.1. The fourth-order valence-electron chi connectivity index (χ4n) is 2.72. The first-order valence-electron chi connectivity index (χ1n) is 8.65. The van der Waals surface area contributed by atoms with Gasteiger partial charge in [-0.25, -0.2) is 15.1 Å². The summed E-state index contributed by atoms with van der Waals surface area (Å²) in [5.74, 6) is -0.576. The maximum Gasteiger partial charge on any atom is 0.416 e. The Kier molecular flexibility index (Phi) is 5.66. The SMILES string of the molecule is CCNN(C(=O)c1ccnn1-c1ccc(C#N)cc1)c1cccc(C(F)(F)F)c1. The highest BCUT2D eigenvalue weighted by atomic mass is 19.4. The van der Waals surface area contributed by atoms with Crippen LogP contribution < -0.4 is 10.4 Å². The smallest absolute Gasteiger partial charge is 0.265 e. The van der Waals surface area contributed by atoms with Crippen molar-refractivity contribution in [2.75, 3.05) is 11.6 Å². The second kappa shape index (κ2) is 8.16. The average molecular weight is 399 g/mol. The Morgan fingerprint density at radius 3 is 2.55 bits per heavy atom. The van der Waals surface area contributed by atoms with E-state index in [2.05, 4.69) is 10.5 Å². The van der Waals surface area contributed by atoms with E-state index in [0.717, 1.165) is 17.1 Å². The van der Waals surface area contributed by atoms with Crippen LogP contribution in [0.5, 0.6) is 0 Å². The second-order valence-corrected chi connectivity index (χ2v) is 5.99. The van der Waals surface area contributed by atoms with Gasteiger partial charge in [0.1, 0.15) is 5.69 Å². The largest absolute Gasteiger partial charge is 0.416 e. The molecule has 0 aliphatic rings. The van der Waals surface area contributed by atoms with Crippen LogP contribution in [-0.4, -0.2) is 22.2 Å². The van der Waals surface area contributed by atoms with Crippen LogP contribution in [0.2, 0.25) is 0 Å². The van der Waals surface area contributed by atoms with Gasteiger partial charge in [0.05, 0.1) is 34.8 Å². The predicted octanol–water partition coefficient (Wildman–Crippen LogP) is 3.93. The van der Waals surface area contributed by atoms with Crippen molar-refractivity contribution in [1.82, 2.24) is 15.2 Å². The number of amides is 1. The van der Waals surface area contributed by atoms with E-state index in [0.29, 0.717) is 17.8 Å². The molecule has 2 aromatic carbocycles. The number of carbonyl (C=O) groups excluding carboxylic acids is 1. The number of nitrogens with zero attached hydrogens (tertiary/aromatic N) is 4. The number of aromatic nitrogens is 2. The summed E-state index contributed by atoms with van der Waals surface area (Å²) >= 11 is 0. The van der Waals surface area contributed by atoms with Gasteiger partial charge in [0.2, 0.25) is 0 Å². The topological polar surface area (TPSA) is 74.0 Å². The summed E-state index contributed by atoms with van der Waals surface area (Å²) in [7, 11) is 0. The summed E-state index contributed by atoms with van der Waals surface area (Å²) in [6.07, 6.45) is -3.11. The molecule has 0 radical (unpaired) electrons. The average Bonchev–Trinajstić information content (AvgIpc) is 3.21. The quantitative estimate of drug-likeness (QED) is 0.660. The van der Waals surface area contributed by atoms with E-state index in [-0.39, 0.29) is 11.4 Å². The van der Waals surface area contributed by atoms with E-state index in [1.165, 1.54) is 29.1 Å². The number of nitriles is 1.